The zero-order chi connectivity index (χ0) is 11.1. The lowest BCUT2D eigenvalue weighted by Crippen LogP contribution is -2.48. The molecule has 1 aliphatic heterocycles. The second-order valence-corrected chi connectivity index (χ2v) is 4.70. The van der Waals surface area contributed by atoms with Crippen LogP contribution in [0.25, 0.3) is 0 Å². The van der Waals surface area contributed by atoms with Crippen LogP contribution in [0.2, 0.25) is 0 Å². The summed E-state index contributed by atoms with van der Waals surface area (Å²) < 4.78 is 5.52. The molecule has 0 amide bonds. The summed E-state index contributed by atoms with van der Waals surface area (Å²) in [5.74, 6) is 0.645. The van der Waals surface area contributed by atoms with Crippen LogP contribution in [-0.4, -0.2) is 38.4 Å². The van der Waals surface area contributed by atoms with Gasteiger partial charge in [0.2, 0.25) is 0 Å². The van der Waals surface area contributed by atoms with Gasteiger partial charge in [-0.15, -0.1) is 0 Å². The van der Waals surface area contributed by atoms with Gasteiger partial charge >= 0.3 is 0 Å². The molecule has 1 fully saturated rings. The first-order valence-electron chi connectivity index (χ1n) is 6.28. The van der Waals surface area contributed by atoms with Gasteiger partial charge in [-0.05, 0) is 38.8 Å². The van der Waals surface area contributed by atoms with Crippen LogP contribution in [0.5, 0.6) is 0 Å². The zero-order valence-corrected chi connectivity index (χ0v) is 10.4. The minimum atomic E-state index is 0.507. The Morgan fingerprint density at radius 3 is 2.53 bits per heavy atom. The molecule has 1 atom stereocenters. The van der Waals surface area contributed by atoms with Crippen LogP contribution < -0.4 is 10.6 Å². The summed E-state index contributed by atoms with van der Waals surface area (Å²) in [5, 5.41) is 7.11. The van der Waals surface area contributed by atoms with Gasteiger partial charge < -0.3 is 15.4 Å². The molecular weight excluding hydrogens is 188 g/mol. The molecule has 0 saturated carbocycles. The minimum absolute atomic E-state index is 0.507. The Kier molecular flexibility index (Phi) is 6.22. The van der Waals surface area contributed by atoms with Gasteiger partial charge in [-0.3, -0.25) is 0 Å². The van der Waals surface area contributed by atoms with E-state index in [-0.39, 0.29) is 0 Å². The van der Waals surface area contributed by atoms with E-state index in [0.29, 0.717) is 18.0 Å². The van der Waals surface area contributed by atoms with E-state index >= 15 is 0 Å². The molecule has 15 heavy (non-hydrogen) atoms. The van der Waals surface area contributed by atoms with Crippen molar-refractivity contribution in [2.75, 3.05) is 26.3 Å². The highest BCUT2D eigenvalue weighted by molar-refractivity contribution is 4.80. The zero-order valence-electron chi connectivity index (χ0n) is 10.4. The van der Waals surface area contributed by atoms with Crippen LogP contribution in [-0.2, 0) is 4.74 Å². The lowest BCUT2D eigenvalue weighted by atomic mass is 10.0. The van der Waals surface area contributed by atoms with Crippen molar-refractivity contribution in [3.05, 3.63) is 0 Å². The molecule has 1 unspecified atom stereocenters. The Morgan fingerprint density at radius 2 is 2.00 bits per heavy atom. The third kappa shape index (κ3) is 4.96. The fourth-order valence-electron chi connectivity index (χ4n) is 1.97. The topological polar surface area (TPSA) is 33.3 Å². The van der Waals surface area contributed by atoms with Gasteiger partial charge in [0.05, 0.1) is 6.61 Å². The highest BCUT2D eigenvalue weighted by Gasteiger charge is 2.19. The molecule has 0 aromatic heterocycles. The van der Waals surface area contributed by atoms with Crippen molar-refractivity contribution in [3.8, 4) is 0 Å². The predicted octanol–water partition coefficient (Wildman–Crippen LogP) is 1.39. The molecular formula is C12H26N2O. The van der Waals surface area contributed by atoms with E-state index in [1.165, 1.54) is 12.8 Å². The van der Waals surface area contributed by atoms with E-state index < -0.39 is 0 Å². The highest BCUT2D eigenvalue weighted by Crippen LogP contribution is 2.08. The quantitative estimate of drug-likeness (QED) is 0.701. The smallest absolute Gasteiger partial charge is 0.0622 e. The van der Waals surface area contributed by atoms with Gasteiger partial charge in [0.25, 0.3) is 0 Å². The van der Waals surface area contributed by atoms with Crippen molar-refractivity contribution in [3.63, 3.8) is 0 Å². The Labute approximate surface area is 94.0 Å². The number of hydrogen-bond donors (Lipinski definition) is 2. The van der Waals surface area contributed by atoms with Gasteiger partial charge in [0, 0.05) is 18.7 Å². The van der Waals surface area contributed by atoms with Crippen molar-refractivity contribution in [2.45, 2.75) is 45.7 Å². The van der Waals surface area contributed by atoms with Crippen molar-refractivity contribution >= 4 is 0 Å². The van der Waals surface area contributed by atoms with Crippen LogP contribution in [0.1, 0.15) is 33.6 Å². The average molecular weight is 214 g/mol. The molecule has 0 aromatic rings. The van der Waals surface area contributed by atoms with E-state index in [4.69, 9.17) is 4.74 Å². The molecule has 1 rings (SSSR count). The molecule has 0 aliphatic carbocycles. The van der Waals surface area contributed by atoms with Crippen molar-refractivity contribution in [1.29, 1.82) is 0 Å². The van der Waals surface area contributed by atoms with Crippen molar-refractivity contribution in [1.82, 2.24) is 10.6 Å². The minimum Gasteiger partial charge on any atom is -0.380 e. The first-order valence-corrected chi connectivity index (χ1v) is 6.28. The second-order valence-electron chi connectivity index (χ2n) is 4.70. The molecule has 0 spiro atoms. The number of ether oxygens (including phenoxy) is 1. The van der Waals surface area contributed by atoms with Gasteiger partial charge in [-0.25, -0.2) is 0 Å². The average Bonchev–Trinajstić information content (AvgIpc) is 2.25. The first kappa shape index (κ1) is 12.9. The van der Waals surface area contributed by atoms with Crippen molar-refractivity contribution < 1.29 is 4.74 Å². The molecule has 0 bridgehead atoms. The van der Waals surface area contributed by atoms with Gasteiger partial charge in [-0.2, -0.15) is 0 Å². The maximum atomic E-state index is 5.52. The van der Waals surface area contributed by atoms with E-state index in [1.54, 1.807) is 0 Å². The summed E-state index contributed by atoms with van der Waals surface area (Å²) in [6.07, 6.45) is 2.49. The number of nitrogens with one attached hydrogen (secondary N) is 2. The third-order valence-electron chi connectivity index (χ3n) is 3.10. The lowest BCUT2D eigenvalue weighted by molar-refractivity contribution is 0.101. The summed E-state index contributed by atoms with van der Waals surface area (Å²) in [6.45, 7) is 10.5. The summed E-state index contributed by atoms with van der Waals surface area (Å²) in [4.78, 5) is 0. The Morgan fingerprint density at radius 1 is 1.33 bits per heavy atom. The molecule has 1 saturated heterocycles. The SMILES string of the molecule is CCOCC(NC1CCNCC1)C(C)C. The molecule has 1 aliphatic rings. The molecule has 3 heteroatoms. The third-order valence-corrected chi connectivity index (χ3v) is 3.10. The maximum absolute atomic E-state index is 5.52. The fourth-order valence-corrected chi connectivity index (χ4v) is 1.97. The van der Waals surface area contributed by atoms with E-state index in [2.05, 4.69) is 31.4 Å². The largest absolute Gasteiger partial charge is 0.380 e. The number of hydrogen-bond acceptors (Lipinski definition) is 3. The lowest BCUT2D eigenvalue weighted by Gasteiger charge is -2.30. The Hall–Kier alpha value is -0.120. The molecule has 90 valence electrons. The van der Waals surface area contributed by atoms with Crippen LogP contribution in [0.15, 0.2) is 0 Å². The molecule has 0 radical (unpaired) electrons. The van der Waals surface area contributed by atoms with E-state index in [9.17, 15) is 0 Å². The summed E-state index contributed by atoms with van der Waals surface area (Å²) in [5.41, 5.74) is 0. The summed E-state index contributed by atoms with van der Waals surface area (Å²) in [6, 6.07) is 1.19. The van der Waals surface area contributed by atoms with Gasteiger partial charge in [0.1, 0.15) is 0 Å². The van der Waals surface area contributed by atoms with Crippen LogP contribution in [0.4, 0.5) is 0 Å². The van der Waals surface area contributed by atoms with Crippen LogP contribution >= 0.6 is 0 Å². The van der Waals surface area contributed by atoms with E-state index in [0.717, 1.165) is 26.3 Å². The van der Waals surface area contributed by atoms with Crippen molar-refractivity contribution in [2.24, 2.45) is 5.92 Å². The monoisotopic (exact) mass is 214 g/mol. The molecule has 2 N–H and O–H groups in total. The van der Waals surface area contributed by atoms with Crippen LogP contribution in [0.3, 0.4) is 0 Å². The predicted molar refractivity (Wildman–Crippen MR) is 64.1 cm³/mol. The standard InChI is InChI=1S/C12H26N2O/c1-4-15-9-12(10(2)3)14-11-5-7-13-8-6-11/h10-14H,4-9H2,1-3H3. The maximum Gasteiger partial charge on any atom is 0.0622 e. The first-order chi connectivity index (χ1) is 7.24. The van der Waals surface area contributed by atoms with Gasteiger partial charge in [-0.1, -0.05) is 13.8 Å². The van der Waals surface area contributed by atoms with Gasteiger partial charge in [0.15, 0.2) is 0 Å². The van der Waals surface area contributed by atoms with Crippen LogP contribution in [0, 0.1) is 5.92 Å². The number of rotatable bonds is 6. The number of piperidine rings is 1. The molecule has 3 nitrogen and oxygen atoms in total. The Bertz CT molecular complexity index is 156. The molecule has 1 heterocycles. The summed E-state index contributed by atoms with van der Waals surface area (Å²) >= 11 is 0. The molecule has 0 aromatic carbocycles. The fraction of sp³-hybridized carbons (Fsp3) is 1.00. The second kappa shape index (κ2) is 7.20. The summed E-state index contributed by atoms with van der Waals surface area (Å²) in [7, 11) is 0. The normalized spacial score (nSPS) is 20.8. The van der Waals surface area contributed by atoms with E-state index in [1.807, 2.05) is 0 Å². The highest BCUT2D eigenvalue weighted by atomic mass is 16.5. The Balaban J connectivity index is 2.28.